The Morgan fingerprint density at radius 1 is 1.25 bits per heavy atom. The largest absolute Gasteiger partial charge is 0.699 e. The van der Waals surface area contributed by atoms with Gasteiger partial charge in [0.25, 0.3) is 0 Å². The summed E-state index contributed by atoms with van der Waals surface area (Å²) >= 11 is -0.472. The van der Waals surface area contributed by atoms with E-state index >= 15 is 0 Å². The fraction of sp³-hybridized carbons (Fsp3) is 0.143. The molecule has 0 aliphatic heterocycles. The summed E-state index contributed by atoms with van der Waals surface area (Å²) in [7, 11) is 9.75. The molecule has 2 N–H and O–H groups in total. The van der Waals surface area contributed by atoms with Gasteiger partial charge < -0.3 is 11.5 Å². The summed E-state index contributed by atoms with van der Waals surface area (Å²) in [5, 5.41) is 0. The Morgan fingerprint density at radius 2 is 1.75 bits per heavy atom. The minimum Gasteiger partial charge on any atom is -0.699 e. The SMILES string of the molecule is [Cl][Pt+2][Cl].[NH-]Cc1ccccc1[NH-]. The first-order chi connectivity index (χ1) is 5.76. The fourth-order valence-corrected chi connectivity index (χ4v) is 0.674. The van der Waals surface area contributed by atoms with Gasteiger partial charge in [-0.25, -0.2) is 0 Å². The quantitative estimate of drug-likeness (QED) is 0.691. The second-order valence-electron chi connectivity index (χ2n) is 1.88. The summed E-state index contributed by atoms with van der Waals surface area (Å²) in [6.45, 7) is 0.208. The van der Waals surface area contributed by atoms with Crippen LogP contribution >= 0.6 is 18.8 Å². The van der Waals surface area contributed by atoms with Crippen LogP contribution in [0.2, 0.25) is 0 Å². The van der Waals surface area contributed by atoms with E-state index in [2.05, 4.69) is 0 Å². The van der Waals surface area contributed by atoms with Gasteiger partial charge in [0.1, 0.15) is 0 Å². The summed E-state index contributed by atoms with van der Waals surface area (Å²) in [4.78, 5) is 0. The van der Waals surface area contributed by atoms with Crippen molar-refractivity contribution in [2.45, 2.75) is 6.54 Å². The maximum Gasteiger partial charge on any atom is -0.0620 e. The van der Waals surface area contributed by atoms with Crippen LogP contribution in [0.1, 0.15) is 5.56 Å². The normalized spacial score (nSPS) is 8.92. The average molecular weight is 386 g/mol. The number of benzene rings is 1. The first kappa shape index (κ1) is 12.2. The molecule has 0 heterocycles. The van der Waals surface area contributed by atoms with E-state index in [0.717, 1.165) is 5.56 Å². The number of nitrogens with one attached hydrogen (secondary N) is 2. The Morgan fingerprint density at radius 3 is 2.08 bits per heavy atom. The number of halogens is 2. The molecule has 1 rings (SSSR count). The Hall–Kier alpha value is 0.248. The van der Waals surface area contributed by atoms with E-state index in [1.807, 2.05) is 12.1 Å². The van der Waals surface area contributed by atoms with Crippen LogP contribution in [0.5, 0.6) is 0 Å². The van der Waals surface area contributed by atoms with Crippen molar-refractivity contribution < 1.29 is 16.5 Å². The van der Waals surface area contributed by atoms with E-state index in [1.165, 1.54) is 0 Å². The van der Waals surface area contributed by atoms with Gasteiger partial charge in [-0.2, -0.15) is 0 Å². The molecule has 0 atom stereocenters. The number of hydrogen-bond acceptors (Lipinski definition) is 0. The molecule has 0 saturated carbocycles. The molecule has 5 heteroatoms. The van der Waals surface area contributed by atoms with Crippen LogP contribution in [0.3, 0.4) is 0 Å². The van der Waals surface area contributed by atoms with Crippen LogP contribution < -0.4 is 0 Å². The van der Waals surface area contributed by atoms with Gasteiger partial charge in [-0.05, 0) is 0 Å². The molecule has 0 aliphatic carbocycles. The molecule has 0 fully saturated rings. The van der Waals surface area contributed by atoms with Crippen LogP contribution in [-0.2, 0) is 23.0 Å². The molecular formula is C7H8Cl2N2Pt. The minimum atomic E-state index is -0.472. The van der Waals surface area contributed by atoms with Crippen molar-refractivity contribution in [1.29, 1.82) is 0 Å². The smallest absolute Gasteiger partial charge is 0.0620 e. The van der Waals surface area contributed by atoms with Gasteiger partial charge in [0.05, 0.1) is 0 Å². The number of rotatable bonds is 1. The van der Waals surface area contributed by atoms with Crippen molar-refractivity contribution in [2.75, 3.05) is 0 Å². The summed E-state index contributed by atoms with van der Waals surface area (Å²) in [6.07, 6.45) is 0. The summed E-state index contributed by atoms with van der Waals surface area (Å²) in [5.74, 6) is 0. The van der Waals surface area contributed by atoms with Crippen LogP contribution in [-0.4, -0.2) is 0 Å². The average Bonchev–Trinajstić information content (AvgIpc) is 2.07. The maximum atomic E-state index is 7.25. The molecule has 0 aliphatic rings. The summed E-state index contributed by atoms with van der Waals surface area (Å²) in [5.41, 5.74) is 15.5. The van der Waals surface area contributed by atoms with Crippen LogP contribution in [0.25, 0.3) is 11.5 Å². The molecule has 2 nitrogen and oxygen atoms in total. The van der Waals surface area contributed by atoms with E-state index in [1.54, 1.807) is 12.1 Å². The zero-order chi connectivity index (χ0) is 9.40. The molecule has 1 aromatic rings. The first-order valence-corrected chi connectivity index (χ1v) is 8.65. The van der Waals surface area contributed by atoms with E-state index in [-0.39, 0.29) is 6.54 Å². The predicted octanol–water partition coefficient (Wildman–Crippen LogP) is 4.30. The van der Waals surface area contributed by atoms with Crippen molar-refractivity contribution in [3.63, 3.8) is 0 Å². The van der Waals surface area contributed by atoms with Gasteiger partial charge in [-0.1, -0.05) is 29.8 Å². The molecular weight excluding hydrogens is 378 g/mol. The zero-order valence-electron chi connectivity index (χ0n) is 6.09. The maximum absolute atomic E-state index is 7.25. The van der Waals surface area contributed by atoms with Gasteiger partial charge in [-0.15, -0.1) is 12.2 Å². The molecule has 0 radical (unpaired) electrons. The topological polar surface area (TPSA) is 47.6 Å². The second kappa shape index (κ2) is 7.87. The Kier molecular flexibility index (Phi) is 8.04. The molecule has 0 bridgehead atoms. The second-order valence-corrected chi connectivity index (χ2v) is 5.16. The van der Waals surface area contributed by atoms with Crippen LogP contribution in [0, 0.1) is 0 Å². The van der Waals surface area contributed by atoms with Crippen molar-refractivity contribution in [3.8, 4) is 0 Å². The van der Waals surface area contributed by atoms with Crippen molar-refractivity contribution >= 4 is 24.5 Å². The summed E-state index contributed by atoms with van der Waals surface area (Å²) in [6, 6.07) is 7.16. The Labute approximate surface area is 88.6 Å². The third-order valence-electron chi connectivity index (χ3n) is 1.21. The Bertz CT molecular complexity index is 220. The standard InChI is InChI=1S/C7H8N2.2ClH.Pt/c8-5-6-3-1-2-4-7(6)9;;;/h1-4,8-9H,5H2;2*1H;/q-2;;;+4/p-2. The summed E-state index contributed by atoms with van der Waals surface area (Å²) < 4.78 is 0. The van der Waals surface area contributed by atoms with Gasteiger partial charge in [-0.3, -0.25) is 0 Å². The molecule has 70 valence electrons. The third-order valence-corrected chi connectivity index (χ3v) is 1.21. The van der Waals surface area contributed by atoms with E-state index in [0.29, 0.717) is 5.69 Å². The van der Waals surface area contributed by atoms with E-state index in [4.69, 9.17) is 30.3 Å². The van der Waals surface area contributed by atoms with Crippen molar-refractivity contribution in [3.05, 3.63) is 41.3 Å². The monoisotopic (exact) mass is 385 g/mol. The Balaban J connectivity index is 0.000000354. The predicted molar refractivity (Wildman–Crippen MR) is 50.2 cm³/mol. The van der Waals surface area contributed by atoms with E-state index < -0.39 is 16.5 Å². The molecule has 1 aromatic carbocycles. The van der Waals surface area contributed by atoms with Gasteiger partial charge in [0, 0.05) is 0 Å². The zero-order valence-corrected chi connectivity index (χ0v) is 9.87. The molecule has 0 spiro atoms. The molecule has 0 aromatic heterocycles. The fourth-order valence-electron chi connectivity index (χ4n) is 0.674. The van der Waals surface area contributed by atoms with Crippen molar-refractivity contribution in [2.24, 2.45) is 0 Å². The minimum absolute atomic E-state index is 0.208. The van der Waals surface area contributed by atoms with Crippen molar-refractivity contribution in [1.82, 2.24) is 0 Å². The molecule has 0 unspecified atom stereocenters. The number of hydrogen-bond donors (Lipinski definition) is 0. The third kappa shape index (κ3) is 4.99. The van der Waals surface area contributed by atoms with Gasteiger partial charge >= 0.3 is 35.3 Å². The van der Waals surface area contributed by atoms with Gasteiger partial charge in [0.2, 0.25) is 0 Å². The van der Waals surface area contributed by atoms with Crippen LogP contribution in [0.15, 0.2) is 24.3 Å². The molecule has 0 saturated heterocycles. The molecule has 12 heavy (non-hydrogen) atoms. The van der Waals surface area contributed by atoms with E-state index in [9.17, 15) is 0 Å². The van der Waals surface area contributed by atoms with Crippen LogP contribution in [0.4, 0.5) is 5.69 Å². The van der Waals surface area contributed by atoms with Gasteiger partial charge in [0.15, 0.2) is 0 Å². The first-order valence-electron chi connectivity index (χ1n) is 3.02. The molecule has 0 amide bonds.